The molecule has 0 saturated carbocycles. The maximum atomic E-state index is 12.5. The number of hydrogen-bond acceptors (Lipinski definition) is 9. The van der Waals surface area contributed by atoms with Gasteiger partial charge in [0.1, 0.15) is 0 Å². The summed E-state index contributed by atoms with van der Waals surface area (Å²) in [4.78, 5) is 38.4. The second-order valence-electron chi connectivity index (χ2n) is 7.88. The molecule has 3 N–H and O–H groups in total. The summed E-state index contributed by atoms with van der Waals surface area (Å²) < 4.78 is 0. The Balaban J connectivity index is 1.41. The highest BCUT2D eigenvalue weighted by molar-refractivity contribution is 6.33. The van der Waals surface area contributed by atoms with Crippen molar-refractivity contribution in [3.63, 3.8) is 0 Å². The van der Waals surface area contributed by atoms with E-state index < -0.39 is 10.8 Å². The van der Waals surface area contributed by atoms with E-state index in [0.29, 0.717) is 30.9 Å². The number of nitro groups is 1. The van der Waals surface area contributed by atoms with Gasteiger partial charge < -0.3 is 20.9 Å². The first-order chi connectivity index (χ1) is 17.4. The van der Waals surface area contributed by atoms with E-state index in [9.17, 15) is 14.9 Å². The van der Waals surface area contributed by atoms with Crippen LogP contribution in [0.1, 0.15) is 21.5 Å². The van der Waals surface area contributed by atoms with Crippen molar-refractivity contribution in [1.29, 1.82) is 0 Å². The van der Waals surface area contributed by atoms with Gasteiger partial charge in [-0.15, -0.1) is 6.42 Å². The van der Waals surface area contributed by atoms with Gasteiger partial charge in [-0.05, 0) is 23.6 Å². The molecule has 0 spiro atoms. The summed E-state index contributed by atoms with van der Waals surface area (Å²) >= 11 is 6.03. The molecule has 0 fully saturated rings. The fourth-order valence-electron chi connectivity index (χ4n) is 3.71. The quantitative estimate of drug-likeness (QED) is 0.173. The van der Waals surface area contributed by atoms with E-state index in [-0.39, 0.29) is 29.4 Å². The number of carbonyl (C=O) groups is 1. The molecule has 1 aromatic heterocycles. The average Bonchev–Trinajstić information content (AvgIpc) is 2.89. The molecule has 0 unspecified atom stereocenters. The fraction of sp³-hybridized carbons (Fsp3) is 0.250. The van der Waals surface area contributed by atoms with Crippen molar-refractivity contribution in [2.24, 2.45) is 0 Å². The van der Waals surface area contributed by atoms with E-state index in [1.807, 2.05) is 12.1 Å². The zero-order valence-corrected chi connectivity index (χ0v) is 20.0. The molecule has 0 aliphatic carbocycles. The topological polar surface area (TPSA) is 138 Å². The standard InChI is InChI=1S/C24H23ClN8O3/c1-2-10-27-22-29-23(31-24(30-22)32-13-9-16-5-3-4-6-17(16)15-32)28-12-11-26-21(34)19-14-18(33(35)36)7-8-20(19)25/h1,3-8,14H,9-13,15H2,(H,26,34)(H2,27,28,29,30,31). The maximum Gasteiger partial charge on any atom is 0.270 e. The van der Waals surface area contributed by atoms with Crippen molar-refractivity contribution in [2.75, 3.05) is 41.7 Å². The summed E-state index contributed by atoms with van der Waals surface area (Å²) in [5.74, 6) is 3.14. The van der Waals surface area contributed by atoms with Crippen LogP contribution in [0.4, 0.5) is 23.5 Å². The number of fused-ring (bicyclic) bond motifs is 1. The van der Waals surface area contributed by atoms with Crippen LogP contribution in [-0.2, 0) is 13.0 Å². The summed E-state index contributed by atoms with van der Waals surface area (Å²) in [6.45, 7) is 2.18. The first-order valence-electron chi connectivity index (χ1n) is 11.2. The Morgan fingerprint density at radius 3 is 2.61 bits per heavy atom. The van der Waals surface area contributed by atoms with E-state index in [1.54, 1.807) is 0 Å². The molecule has 4 rings (SSSR count). The predicted molar refractivity (Wildman–Crippen MR) is 137 cm³/mol. The number of carbonyl (C=O) groups excluding carboxylic acids is 1. The number of non-ortho nitro benzene ring substituents is 1. The van der Waals surface area contributed by atoms with Crippen LogP contribution in [0.3, 0.4) is 0 Å². The largest absolute Gasteiger partial charge is 0.352 e. The van der Waals surface area contributed by atoms with E-state index in [1.165, 1.54) is 23.3 Å². The van der Waals surface area contributed by atoms with Crippen LogP contribution in [0.25, 0.3) is 0 Å². The van der Waals surface area contributed by atoms with Crippen molar-refractivity contribution in [1.82, 2.24) is 20.3 Å². The highest BCUT2D eigenvalue weighted by Crippen LogP contribution is 2.24. The maximum absolute atomic E-state index is 12.5. The molecule has 0 bridgehead atoms. The molecule has 184 valence electrons. The van der Waals surface area contributed by atoms with Crippen molar-refractivity contribution in [3.8, 4) is 12.3 Å². The summed E-state index contributed by atoms with van der Waals surface area (Å²) in [7, 11) is 0. The number of rotatable bonds is 9. The molecule has 2 aromatic carbocycles. The van der Waals surface area contributed by atoms with Gasteiger partial charge in [0, 0.05) is 38.3 Å². The van der Waals surface area contributed by atoms with Crippen LogP contribution < -0.4 is 20.9 Å². The van der Waals surface area contributed by atoms with Gasteiger partial charge in [-0.2, -0.15) is 15.0 Å². The van der Waals surface area contributed by atoms with E-state index in [4.69, 9.17) is 18.0 Å². The lowest BCUT2D eigenvalue weighted by molar-refractivity contribution is -0.384. The smallest absolute Gasteiger partial charge is 0.270 e. The summed E-state index contributed by atoms with van der Waals surface area (Å²) in [6, 6.07) is 12.0. The van der Waals surface area contributed by atoms with Crippen LogP contribution in [-0.4, -0.2) is 52.0 Å². The average molecular weight is 507 g/mol. The van der Waals surface area contributed by atoms with Crippen LogP contribution in [0.5, 0.6) is 0 Å². The number of anilines is 3. The molecule has 36 heavy (non-hydrogen) atoms. The Morgan fingerprint density at radius 1 is 1.11 bits per heavy atom. The monoisotopic (exact) mass is 506 g/mol. The second kappa shape index (κ2) is 11.3. The Morgan fingerprint density at radius 2 is 1.86 bits per heavy atom. The lowest BCUT2D eigenvalue weighted by atomic mass is 10.0. The minimum Gasteiger partial charge on any atom is -0.352 e. The number of benzene rings is 2. The number of nitro benzene ring substituents is 1. The fourth-order valence-corrected chi connectivity index (χ4v) is 3.91. The number of hydrogen-bond donors (Lipinski definition) is 3. The summed E-state index contributed by atoms with van der Waals surface area (Å²) in [5.41, 5.74) is 2.35. The van der Waals surface area contributed by atoms with Gasteiger partial charge in [0.2, 0.25) is 17.8 Å². The molecule has 3 aromatic rings. The SMILES string of the molecule is C#CCNc1nc(NCCNC(=O)c2cc([N+](=O)[O-])ccc2Cl)nc(N2CCc3ccccc3C2)n1. The molecular weight excluding hydrogens is 484 g/mol. The van der Waals surface area contributed by atoms with Gasteiger partial charge >= 0.3 is 0 Å². The van der Waals surface area contributed by atoms with Crippen molar-refractivity contribution in [2.45, 2.75) is 13.0 Å². The van der Waals surface area contributed by atoms with Crippen LogP contribution >= 0.6 is 11.6 Å². The second-order valence-corrected chi connectivity index (χ2v) is 8.29. The molecule has 11 nitrogen and oxygen atoms in total. The molecule has 0 radical (unpaired) electrons. The van der Waals surface area contributed by atoms with Gasteiger partial charge in [0.05, 0.1) is 22.1 Å². The normalized spacial score (nSPS) is 12.3. The van der Waals surface area contributed by atoms with Crippen LogP contribution in [0.15, 0.2) is 42.5 Å². The molecule has 12 heteroatoms. The first-order valence-corrected chi connectivity index (χ1v) is 11.5. The van der Waals surface area contributed by atoms with Gasteiger partial charge in [-0.3, -0.25) is 14.9 Å². The Labute approximate surface area is 212 Å². The molecule has 0 saturated heterocycles. The number of terminal acetylenes is 1. The third kappa shape index (κ3) is 5.97. The highest BCUT2D eigenvalue weighted by Gasteiger charge is 2.20. The van der Waals surface area contributed by atoms with E-state index in [2.05, 4.69) is 53.9 Å². The molecule has 2 heterocycles. The molecule has 1 aliphatic rings. The minimum absolute atomic E-state index is 0.0273. The highest BCUT2D eigenvalue weighted by atomic mass is 35.5. The zero-order valence-electron chi connectivity index (χ0n) is 19.2. The van der Waals surface area contributed by atoms with Crippen molar-refractivity contribution >= 4 is 41.0 Å². The number of halogens is 1. The van der Waals surface area contributed by atoms with E-state index in [0.717, 1.165) is 19.0 Å². The Kier molecular flexibility index (Phi) is 7.77. The summed E-state index contributed by atoms with van der Waals surface area (Å²) in [6.07, 6.45) is 6.24. The van der Waals surface area contributed by atoms with Gasteiger partial charge in [0.25, 0.3) is 11.6 Å². The van der Waals surface area contributed by atoms with Crippen molar-refractivity contribution < 1.29 is 9.72 Å². The predicted octanol–water partition coefficient (Wildman–Crippen LogP) is 2.88. The molecule has 1 aliphatic heterocycles. The lowest BCUT2D eigenvalue weighted by Crippen LogP contribution is -2.32. The minimum atomic E-state index is -0.584. The Bertz CT molecular complexity index is 1330. The third-order valence-electron chi connectivity index (χ3n) is 5.48. The van der Waals surface area contributed by atoms with Crippen LogP contribution in [0, 0.1) is 22.5 Å². The molecule has 0 atom stereocenters. The van der Waals surface area contributed by atoms with Gasteiger partial charge in [0.15, 0.2) is 0 Å². The number of aromatic nitrogens is 3. The van der Waals surface area contributed by atoms with E-state index >= 15 is 0 Å². The number of nitrogens with one attached hydrogen (secondary N) is 3. The first kappa shape index (κ1) is 24.7. The summed E-state index contributed by atoms with van der Waals surface area (Å²) in [5, 5.41) is 19.8. The Hall–Kier alpha value is -4.43. The molecule has 1 amide bonds. The van der Waals surface area contributed by atoms with Crippen molar-refractivity contribution in [3.05, 3.63) is 74.3 Å². The third-order valence-corrected chi connectivity index (χ3v) is 5.81. The van der Waals surface area contributed by atoms with Gasteiger partial charge in [-0.25, -0.2) is 0 Å². The number of amides is 1. The zero-order chi connectivity index (χ0) is 25.5. The number of nitrogens with zero attached hydrogens (tertiary/aromatic N) is 5. The lowest BCUT2D eigenvalue weighted by Gasteiger charge is -2.29. The van der Waals surface area contributed by atoms with Gasteiger partial charge in [-0.1, -0.05) is 41.8 Å². The molecular formula is C24H23ClN8O3. The van der Waals surface area contributed by atoms with Crippen LogP contribution in [0.2, 0.25) is 5.02 Å².